The molecule has 0 saturated carbocycles. The van der Waals surface area contributed by atoms with Crippen LogP contribution in [0.5, 0.6) is 5.75 Å². The molecule has 0 amide bonds. The summed E-state index contributed by atoms with van der Waals surface area (Å²) in [5.41, 5.74) is 4.31. The summed E-state index contributed by atoms with van der Waals surface area (Å²) in [5.74, 6) is 2.47. The summed E-state index contributed by atoms with van der Waals surface area (Å²) in [5, 5.41) is 0. The van der Waals surface area contributed by atoms with Crippen LogP contribution >= 0.6 is 0 Å². The number of aromatic nitrogens is 1. The van der Waals surface area contributed by atoms with E-state index in [1.54, 1.807) is 14.2 Å². The molecule has 136 valence electrons. The first-order valence-corrected chi connectivity index (χ1v) is 8.89. The van der Waals surface area contributed by atoms with Crippen molar-refractivity contribution >= 4 is 0 Å². The Bertz CT molecular complexity index is 739. The highest BCUT2D eigenvalue weighted by Gasteiger charge is 2.22. The lowest BCUT2D eigenvalue weighted by atomic mass is 10.0. The number of hydrogen-bond acceptors (Lipinski definition) is 5. The van der Waals surface area contributed by atoms with Gasteiger partial charge in [0.15, 0.2) is 0 Å². The minimum atomic E-state index is 0.326. The molecule has 0 aliphatic carbocycles. The molecule has 0 radical (unpaired) electrons. The Balaban J connectivity index is 1.82. The summed E-state index contributed by atoms with van der Waals surface area (Å²) in [4.78, 5) is 7.19. The van der Waals surface area contributed by atoms with E-state index in [2.05, 4.69) is 18.7 Å². The molecular weight excluding hydrogens is 316 g/mol. The Morgan fingerprint density at radius 1 is 1.20 bits per heavy atom. The minimum absolute atomic E-state index is 0.326. The Labute approximate surface area is 149 Å². The van der Waals surface area contributed by atoms with Crippen molar-refractivity contribution in [1.82, 2.24) is 9.88 Å². The molecule has 2 aromatic rings. The topological polar surface area (TPSA) is 47.7 Å². The van der Waals surface area contributed by atoms with Crippen molar-refractivity contribution in [3.8, 4) is 17.2 Å². The second-order valence-electron chi connectivity index (χ2n) is 6.82. The molecule has 1 fully saturated rings. The van der Waals surface area contributed by atoms with Crippen molar-refractivity contribution in [1.29, 1.82) is 0 Å². The molecule has 0 spiro atoms. The smallest absolute Gasteiger partial charge is 0.226 e. The number of benzene rings is 1. The molecule has 2 heterocycles. The zero-order valence-corrected chi connectivity index (χ0v) is 15.9. The third kappa shape index (κ3) is 3.72. The normalized spacial score (nSPS) is 18.5. The van der Waals surface area contributed by atoms with Crippen LogP contribution in [0.2, 0.25) is 0 Å². The van der Waals surface area contributed by atoms with Gasteiger partial charge in [0.25, 0.3) is 0 Å². The summed E-state index contributed by atoms with van der Waals surface area (Å²) in [7, 11) is 3.49. The van der Waals surface area contributed by atoms with Gasteiger partial charge in [0.1, 0.15) is 11.5 Å². The SMILES string of the molecule is COc1ccc(-c2nc(CN3CCC[C@H](OC)C3)c(C)o2)c(C)c1C. The van der Waals surface area contributed by atoms with Crippen molar-refractivity contribution in [2.24, 2.45) is 0 Å². The Hall–Kier alpha value is -1.85. The minimum Gasteiger partial charge on any atom is -0.496 e. The molecule has 5 heteroatoms. The summed E-state index contributed by atoms with van der Waals surface area (Å²) < 4.78 is 16.9. The zero-order valence-electron chi connectivity index (χ0n) is 15.9. The van der Waals surface area contributed by atoms with Crippen LogP contribution in [0.1, 0.15) is 35.4 Å². The first-order chi connectivity index (χ1) is 12.0. The lowest BCUT2D eigenvalue weighted by molar-refractivity contribution is 0.0280. The van der Waals surface area contributed by atoms with Gasteiger partial charge in [-0.3, -0.25) is 4.90 Å². The Morgan fingerprint density at radius 2 is 2.00 bits per heavy atom. The highest BCUT2D eigenvalue weighted by molar-refractivity contribution is 5.63. The van der Waals surface area contributed by atoms with Crippen molar-refractivity contribution in [2.75, 3.05) is 27.3 Å². The monoisotopic (exact) mass is 344 g/mol. The van der Waals surface area contributed by atoms with E-state index >= 15 is 0 Å². The van der Waals surface area contributed by atoms with Gasteiger partial charge in [-0.1, -0.05) is 0 Å². The summed E-state index contributed by atoms with van der Waals surface area (Å²) in [6.45, 7) is 8.99. The van der Waals surface area contributed by atoms with E-state index in [1.807, 2.05) is 19.1 Å². The van der Waals surface area contributed by atoms with Gasteiger partial charge in [0.05, 0.1) is 18.9 Å². The molecule has 0 unspecified atom stereocenters. The molecule has 3 rings (SSSR count). The van der Waals surface area contributed by atoms with E-state index in [0.717, 1.165) is 59.9 Å². The maximum atomic E-state index is 5.99. The van der Waals surface area contributed by atoms with E-state index in [0.29, 0.717) is 12.0 Å². The standard InChI is InChI=1S/C20H28N2O3/c1-13-14(2)19(24-5)9-8-17(13)20-21-18(15(3)25-20)12-22-10-6-7-16(11-22)23-4/h8-9,16H,6-7,10-12H2,1-5H3/t16-/m0/s1. The van der Waals surface area contributed by atoms with Crippen LogP contribution in [0.4, 0.5) is 0 Å². The van der Waals surface area contributed by atoms with E-state index in [9.17, 15) is 0 Å². The van der Waals surface area contributed by atoms with Gasteiger partial charge in [0, 0.05) is 25.8 Å². The Kier molecular flexibility index (Phi) is 5.45. The molecular formula is C20H28N2O3. The van der Waals surface area contributed by atoms with E-state index in [1.165, 1.54) is 6.42 Å². The number of methoxy groups -OCH3 is 2. The van der Waals surface area contributed by atoms with Crippen LogP contribution in [0.25, 0.3) is 11.5 Å². The first-order valence-electron chi connectivity index (χ1n) is 8.89. The number of oxazole rings is 1. The van der Waals surface area contributed by atoms with Crippen LogP contribution < -0.4 is 4.74 Å². The molecule has 1 atom stereocenters. The number of nitrogens with zero attached hydrogens (tertiary/aromatic N) is 2. The van der Waals surface area contributed by atoms with Crippen LogP contribution in [0.3, 0.4) is 0 Å². The predicted octanol–water partition coefficient (Wildman–Crippen LogP) is 3.89. The maximum absolute atomic E-state index is 5.99. The van der Waals surface area contributed by atoms with E-state index in [-0.39, 0.29) is 0 Å². The number of likely N-dealkylation sites (tertiary alicyclic amines) is 1. The molecule has 1 aromatic carbocycles. The molecule has 1 saturated heterocycles. The summed E-state index contributed by atoms with van der Waals surface area (Å²) in [6.07, 6.45) is 2.63. The molecule has 1 aromatic heterocycles. The van der Waals surface area contributed by atoms with Crippen molar-refractivity contribution in [3.63, 3.8) is 0 Å². The average Bonchev–Trinajstić information content (AvgIpc) is 2.97. The lowest BCUT2D eigenvalue weighted by Crippen LogP contribution is -2.38. The van der Waals surface area contributed by atoms with Gasteiger partial charge in [-0.15, -0.1) is 0 Å². The third-order valence-corrected chi connectivity index (χ3v) is 5.25. The number of hydrogen-bond donors (Lipinski definition) is 0. The van der Waals surface area contributed by atoms with Crippen LogP contribution in [-0.4, -0.2) is 43.3 Å². The van der Waals surface area contributed by atoms with Crippen LogP contribution in [0.15, 0.2) is 16.5 Å². The van der Waals surface area contributed by atoms with Gasteiger partial charge in [-0.05, 0) is 63.4 Å². The second-order valence-corrected chi connectivity index (χ2v) is 6.82. The van der Waals surface area contributed by atoms with Gasteiger partial charge in [-0.25, -0.2) is 4.98 Å². The van der Waals surface area contributed by atoms with Gasteiger partial charge < -0.3 is 13.9 Å². The molecule has 1 aliphatic heterocycles. The fourth-order valence-electron chi connectivity index (χ4n) is 3.50. The summed E-state index contributed by atoms with van der Waals surface area (Å²) >= 11 is 0. The molecule has 0 bridgehead atoms. The first kappa shape index (κ1) is 18.0. The molecule has 1 aliphatic rings. The van der Waals surface area contributed by atoms with Crippen molar-refractivity contribution < 1.29 is 13.9 Å². The number of ether oxygens (including phenoxy) is 2. The van der Waals surface area contributed by atoms with Crippen LogP contribution in [0, 0.1) is 20.8 Å². The van der Waals surface area contributed by atoms with Crippen molar-refractivity contribution in [2.45, 2.75) is 46.3 Å². The lowest BCUT2D eigenvalue weighted by Gasteiger charge is -2.31. The number of aryl methyl sites for hydroxylation is 1. The maximum Gasteiger partial charge on any atom is 0.226 e. The fourth-order valence-corrected chi connectivity index (χ4v) is 3.50. The highest BCUT2D eigenvalue weighted by Crippen LogP contribution is 2.32. The van der Waals surface area contributed by atoms with Crippen LogP contribution in [-0.2, 0) is 11.3 Å². The second kappa shape index (κ2) is 7.58. The highest BCUT2D eigenvalue weighted by atomic mass is 16.5. The average molecular weight is 344 g/mol. The van der Waals surface area contributed by atoms with Gasteiger partial charge in [-0.2, -0.15) is 0 Å². The van der Waals surface area contributed by atoms with E-state index in [4.69, 9.17) is 18.9 Å². The largest absolute Gasteiger partial charge is 0.496 e. The number of rotatable bonds is 5. The van der Waals surface area contributed by atoms with Crippen molar-refractivity contribution in [3.05, 3.63) is 34.7 Å². The third-order valence-electron chi connectivity index (χ3n) is 5.25. The zero-order chi connectivity index (χ0) is 18.0. The van der Waals surface area contributed by atoms with Gasteiger partial charge >= 0.3 is 0 Å². The van der Waals surface area contributed by atoms with E-state index < -0.39 is 0 Å². The molecule has 25 heavy (non-hydrogen) atoms. The molecule has 5 nitrogen and oxygen atoms in total. The summed E-state index contributed by atoms with van der Waals surface area (Å²) in [6, 6.07) is 4.00. The predicted molar refractivity (Wildman–Crippen MR) is 98.0 cm³/mol. The van der Waals surface area contributed by atoms with Gasteiger partial charge in [0.2, 0.25) is 5.89 Å². The Morgan fingerprint density at radius 3 is 2.72 bits per heavy atom. The molecule has 0 N–H and O–H groups in total. The fraction of sp³-hybridized carbons (Fsp3) is 0.550. The quantitative estimate of drug-likeness (QED) is 0.823. The number of piperidine rings is 1.